The molecule has 2 saturated heterocycles. The van der Waals surface area contributed by atoms with Crippen molar-refractivity contribution in [2.24, 2.45) is 0 Å². The molecule has 25 heavy (non-hydrogen) atoms. The molecular weight excluding hydrogens is 314 g/mol. The van der Waals surface area contributed by atoms with Crippen LogP contribution in [0.1, 0.15) is 69.2 Å². The van der Waals surface area contributed by atoms with Crippen molar-refractivity contribution < 1.29 is 22.9 Å². The maximum absolute atomic E-state index is 5.75. The summed E-state index contributed by atoms with van der Waals surface area (Å²) in [5.41, 5.74) is 0. The van der Waals surface area contributed by atoms with Gasteiger partial charge in [0.15, 0.2) is 0 Å². The fourth-order valence-electron chi connectivity index (χ4n) is 2.34. The minimum atomic E-state index is -0.140. The van der Waals surface area contributed by atoms with E-state index in [0.29, 0.717) is 29.1 Å². The molecule has 0 spiro atoms. The average Bonchev–Trinajstić information content (AvgIpc) is 2.44. The lowest BCUT2D eigenvalue weighted by atomic mass is 9.57. The van der Waals surface area contributed by atoms with Gasteiger partial charge in [0.05, 0.1) is 0 Å². The molecule has 2 aliphatic rings. The molecule has 2 fully saturated rings. The van der Waals surface area contributed by atoms with Crippen molar-refractivity contribution in [1.29, 1.82) is 0 Å². The van der Waals surface area contributed by atoms with Gasteiger partial charge in [-0.3, -0.25) is 0 Å². The van der Waals surface area contributed by atoms with E-state index in [9.17, 15) is 0 Å². The summed E-state index contributed by atoms with van der Waals surface area (Å²) in [4.78, 5) is 0. The van der Waals surface area contributed by atoms with Gasteiger partial charge in [-0.25, -0.2) is 0 Å². The summed E-state index contributed by atoms with van der Waals surface area (Å²) < 4.78 is 28.1. The van der Waals surface area contributed by atoms with E-state index in [1.165, 1.54) is 0 Å². The first-order valence-corrected chi connectivity index (χ1v) is 9.80. The Kier molecular flexibility index (Phi) is 9.69. The van der Waals surface area contributed by atoms with Crippen molar-refractivity contribution in [2.75, 3.05) is 0 Å². The quantitative estimate of drug-likeness (QED) is 0.680. The van der Waals surface area contributed by atoms with E-state index in [0.717, 1.165) is 0 Å². The largest absolute Gasteiger partial charge is 0.452 e. The van der Waals surface area contributed by atoms with Gasteiger partial charge in [0.25, 0.3) is 0 Å². The Morgan fingerprint density at radius 3 is 0.520 bits per heavy atom. The van der Waals surface area contributed by atoms with Crippen molar-refractivity contribution in [3.05, 3.63) is 0 Å². The molecule has 10 heteroatoms. The summed E-state index contributed by atoms with van der Waals surface area (Å²) in [6.07, 6.45) is 0. The fourth-order valence-corrected chi connectivity index (χ4v) is 2.34. The molecule has 2 rings (SSSR count). The van der Waals surface area contributed by atoms with Crippen molar-refractivity contribution in [2.45, 2.75) is 98.3 Å². The molecule has 2 aliphatic heterocycles. The van der Waals surface area contributed by atoms with E-state index >= 15 is 0 Å². The van der Waals surface area contributed by atoms with Crippen LogP contribution in [0, 0.1) is 0 Å². The zero-order valence-corrected chi connectivity index (χ0v) is 17.8. The summed E-state index contributed by atoms with van der Waals surface area (Å²) in [6.45, 7) is 21.0. The lowest BCUT2D eigenvalue weighted by Gasteiger charge is -2.35. The molecule has 2 heterocycles. The first kappa shape index (κ1) is 23.2. The number of rotatable bonds is 5. The molecular formula is C15H35B5O5. The van der Waals surface area contributed by atoms with Gasteiger partial charge in [0, 0.05) is 0 Å². The predicted molar refractivity (Wildman–Crippen MR) is 110 cm³/mol. The van der Waals surface area contributed by atoms with Crippen LogP contribution in [0.25, 0.3) is 0 Å². The smallest absolute Gasteiger partial charge is 0.432 e. The van der Waals surface area contributed by atoms with Crippen LogP contribution in [0.4, 0.5) is 0 Å². The van der Waals surface area contributed by atoms with Gasteiger partial charge in [-0.15, -0.1) is 0 Å². The van der Waals surface area contributed by atoms with E-state index in [1.807, 2.05) is 0 Å². The Balaban J connectivity index is 0.000000271. The van der Waals surface area contributed by atoms with Crippen LogP contribution in [-0.4, -0.2) is 35.6 Å². The fraction of sp³-hybridized carbons (Fsp3) is 1.00. The van der Waals surface area contributed by atoms with Crippen LogP contribution in [0.5, 0.6) is 0 Å². The standard InChI is InChI=1S/C9H21B3O3.C6H14B2O2/c1-7(2)10-13-11(8(3)4)15-12(14-10)9(5)6;1-5(2)7-9-8(10-7)6(3)4/h7-9H,1-6H3;5-6H,1-4H3. The van der Waals surface area contributed by atoms with Crippen LogP contribution in [-0.2, 0) is 22.9 Å². The summed E-state index contributed by atoms with van der Waals surface area (Å²) in [5.74, 6) is 2.04. The second-order valence-corrected chi connectivity index (χ2v) is 8.74. The normalized spacial score (nSPS) is 18.6. The molecule has 0 atom stereocenters. The summed E-state index contributed by atoms with van der Waals surface area (Å²) in [5, 5.41) is 0. The highest BCUT2D eigenvalue weighted by molar-refractivity contribution is 6.75. The summed E-state index contributed by atoms with van der Waals surface area (Å²) in [7, 11) is -0.324. The Bertz CT molecular complexity index is 326. The lowest BCUT2D eigenvalue weighted by molar-refractivity contribution is 0.260. The molecule has 0 aromatic carbocycles. The van der Waals surface area contributed by atoms with E-state index in [2.05, 4.69) is 69.2 Å². The van der Waals surface area contributed by atoms with Crippen molar-refractivity contribution in [3.8, 4) is 0 Å². The first-order chi connectivity index (χ1) is 11.5. The van der Waals surface area contributed by atoms with Crippen molar-refractivity contribution in [3.63, 3.8) is 0 Å². The molecule has 0 radical (unpaired) electrons. The molecule has 0 aromatic heterocycles. The van der Waals surface area contributed by atoms with Crippen LogP contribution in [0.15, 0.2) is 0 Å². The molecule has 0 bridgehead atoms. The van der Waals surface area contributed by atoms with Crippen LogP contribution >= 0.6 is 0 Å². The molecule has 0 amide bonds. The molecule has 0 saturated carbocycles. The highest BCUT2D eigenvalue weighted by Crippen LogP contribution is 2.27. The lowest BCUT2D eigenvalue weighted by Crippen LogP contribution is -2.52. The molecule has 0 aromatic rings. The molecule has 0 unspecified atom stereocenters. The summed E-state index contributed by atoms with van der Waals surface area (Å²) >= 11 is 0. The number of hydrogen-bond donors (Lipinski definition) is 0. The Hall–Kier alpha value is 0.125. The zero-order chi connectivity index (χ0) is 19.3. The van der Waals surface area contributed by atoms with E-state index in [-0.39, 0.29) is 35.6 Å². The van der Waals surface area contributed by atoms with Gasteiger partial charge in [0.1, 0.15) is 0 Å². The molecule has 5 nitrogen and oxygen atoms in total. The maximum atomic E-state index is 5.75. The van der Waals surface area contributed by atoms with E-state index in [4.69, 9.17) is 22.9 Å². The van der Waals surface area contributed by atoms with E-state index < -0.39 is 0 Å². The second-order valence-electron chi connectivity index (χ2n) is 8.74. The highest BCUT2D eigenvalue weighted by atomic mass is 16.7. The van der Waals surface area contributed by atoms with Gasteiger partial charge in [-0.1, -0.05) is 69.2 Å². The minimum absolute atomic E-state index is 0.0485. The Labute approximate surface area is 157 Å². The minimum Gasteiger partial charge on any atom is -0.452 e. The maximum Gasteiger partial charge on any atom is 0.432 e. The van der Waals surface area contributed by atoms with E-state index in [1.54, 1.807) is 0 Å². The van der Waals surface area contributed by atoms with Gasteiger partial charge < -0.3 is 22.9 Å². The number of hydrogen-bond acceptors (Lipinski definition) is 5. The Morgan fingerprint density at radius 1 is 0.320 bits per heavy atom. The van der Waals surface area contributed by atoms with Crippen LogP contribution in [0.3, 0.4) is 0 Å². The molecule has 0 N–H and O–H groups in total. The van der Waals surface area contributed by atoms with Gasteiger partial charge in [-0.05, 0) is 29.1 Å². The van der Waals surface area contributed by atoms with Crippen LogP contribution < -0.4 is 0 Å². The molecule has 140 valence electrons. The highest BCUT2D eigenvalue weighted by Gasteiger charge is 2.45. The third-order valence-corrected chi connectivity index (χ3v) is 4.06. The average molecular weight is 350 g/mol. The monoisotopic (exact) mass is 350 g/mol. The predicted octanol–water partition coefficient (Wildman–Crippen LogP) is 4.57. The topological polar surface area (TPSA) is 46.2 Å². The summed E-state index contributed by atoms with van der Waals surface area (Å²) in [6, 6.07) is 0. The van der Waals surface area contributed by atoms with Crippen molar-refractivity contribution in [1.82, 2.24) is 0 Å². The van der Waals surface area contributed by atoms with Gasteiger partial charge in [-0.2, -0.15) is 0 Å². The van der Waals surface area contributed by atoms with Crippen molar-refractivity contribution >= 4 is 35.6 Å². The van der Waals surface area contributed by atoms with Crippen LogP contribution in [0.2, 0.25) is 29.1 Å². The Morgan fingerprint density at radius 2 is 0.440 bits per heavy atom. The zero-order valence-electron chi connectivity index (χ0n) is 17.8. The first-order valence-electron chi connectivity index (χ1n) is 9.80. The van der Waals surface area contributed by atoms with Gasteiger partial charge >= 0.3 is 35.6 Å². The third-order valence-electron chi connectivity index (χ3n) is 4.06. The SMILES string of the molecule is CC(C)B1OB(C(C)C)O1.CC(C)B1OB(C(C)C)OB(C(C)C)O1. The van der Waals surface area contributed by atoms with Gasteiger partial charge in [0.2, 0.25) is 0 Å². The third kappa shape index (κ3) is 7.33. The second kappa shape index (κ2) is 10.5. The molecule has 0 aliphatic carbocycles.